The fourth-order valence-electron chi connectivity index (χ4n) is 3.36. The maximum Gasteiger partial charge on any atom is 0.249 e. The van der Waals surface area contributed by atoms with Crippen LogP contribution >= 0.6 is 0 Å². The van der Waals surface area contributed by atoms with Crippen LogP contribution in [0.5, 0.6) is 0 Å². The molecule has 130 valence electrons. The number of amides is 1. The Morgan fingerprint density at radius 2 is 1.88 bits per heavy atom. The van der Waals surface area contributed by atoms with Crippen LogP contribution in [0, 0.1) is 0 Å². The second-order valence-electron chi connectivity index (χ2n) is 7.15. The van der Waals surface area contributed by atoms with Gasteiger partial charge >= 0.3 is 0 Å². The molecule has 0 atom stereocenters. The van der Waals surface area contributed by atoms with Crippen molar-refractivity contribution >= 4 is 5.91 Å². The van der Waals surface area contributed by atoms with Crippen molar-refractivity contribution in [3.05, 3.63) is 59.8 Å². The molecular weight excluding hydrogens is 326 g/mol. The summed E-state index contributed by atoms with van der Waals surface area (Å²) >= 11 is 0. The molecule has 6 heteroatoms. The van der Waals surface area contributed by atoms with Gasteiger partial charge in [-0.3, -0.25) is 9.78 Å². The monoisotopic (exact) mass is 345 g/mol. The van der Waals surface area contributed by atoms with E-state index in [9.17, 15) is 4.79 Å². The number of carbonyl (C=O) groups excluding carboxylic acids is 1. The Morgan fingerprint density at radius 1 is 1.08 bits per heavy atom. The molecule has 2 fully saturated rings. The zero-order chi connectivity index (χ0) is 17.7. The number of rotatable bonds is 5. The normalized spacial score (nSPS) is 16.6. The van der Waals surface area contributed by atoms with Gasteiger partial charge in [0.25, 0.3) is 0 Å². The molecule has 0 spiro atoms. The molecule has 0 radical (unpaired) electrons. The number of aromatic nitrogens is 4. The number of hydrogen-bond acceptors (Lipinski definition) is 4. The van der Waals surface area contributed by atoms with Crippen LogP contribution in [-0.4, -0.2) is 25.7 Å². The Balaban J connectivity index is 1.52. The smallest absolute Gasteiger partial charge is 0.249 e. The van der Waals surface area contributed by atoms with Crippen molar-refractivity contribution in [3.63, 3.8) is 0 Å². The van der Waals surface area contributed by atoms with E-state index in [4.69, 9.17) is 10.8 Å². The standard InChI is InChI=1S/C20H19N5O/c21-20(26)15-7-8-22-11-16(15)14-5-6-19(23-10-14)25-18(13-3-4-13)9-17(24-25)12-1-2-12/h5-13H,1-4H2,(H2,21,26). The first-order chi connectivity index (χ1) is 12.7. The van der Waals surface area contributed by atoms with Gasteiger partial charge in [0.05, 0.1) is 11.3 Å². The van der Waals surface area contributed by atoms with Gasteiger partial charge in [-0.1, -0.05) is 0 Å². The second-order valence-corrected chi connectivity index (χ2v) is 7.15. The highest BCUT2D eigenvalue weighted by molar-refractivity contribution is 5.99. The first kappa shape index (κ1) is 15.3. The molecule has 2 saturated carbocycles. The van der Waals surface area contributed by atoms with Crippen LogP contribution < -0.4 is 5.73 Å². The molecule has 6 nitrogen and oxygen atoms in total. The predicted molar refractivity (Wildman–Crippen MR) is 97.1 cm³/mol. The van der Waals surface area contributed by atoms with E-state index in [1.54, 1.807) is 24.7 Å². The lowest BCUT2D eigenvalue weighted by molar-refractivity contribution is 0.100. The maximum atomic E-state index is 11.6. The van der Waals surface area contributed by atoms with Crippen LogP contribution in [-0.2, 0) is 0 Å². The van der Waals surface area contributed by atoms with E-state index in [1.165, 1.54) is 37.1 Å². The van der Waals surface area contributed by atoms with Gasteiger partial charge in [0.1, 0.15) is 0 Å². The first-order valence-corrected chi connectivity index (χ1v) is 9.01. The Bertz CT molecular complexity index is 984. The van der Waals surface area contributed by atoms with Crippen molar-refractivity contribution in [1.82, 2.24) is 19.7 Å². The van der Waals surface area contributed by atoms with E-state index in [1.807, 2.05) is 16.8 Å². The molecular formula is C20H19N5O. The van der Waals surface area contributed by atoms with Crippen molar-refractivity contribution in [2.24, 2.45) is 5.73 Å². The highest BCUT2D eigenvalue weighted by atomic mass is 16.1. The average Bonchev–Trinajstić information content (AvgIpc) is 3.60. The van der Waals surface area contributed by atoms with Gasteiger partial charge in [0.2, 0.25) is 5.91 Å². The van der Waals surface area contributed by atoms with Crippen molar-refractivity contribution in [2.75, 3.05) is 0 Å². The number of nitrogens with two attached hydrogens (primary N) is 1. The van der Waals surface area contributed by atoms with Gasteiger partial charge in [0, 0.05) is 47.2 Å². The molecule has 0 aliphatic heterocycles. The number of primary amides is 1. The average molecular weight is 345 g/mol. The largest absolute Gasteiger partial charge is 0.366 e. The van der Waals surface area contributed by atoms with Crippen LogP contribution in [0.3, 0.4) is 0 Å². The fraction of sp³-hybridized carbons (Fsp3) is 0.300. The molecule has 2 N–H and O–H groups in total. The van der Waals surface area contributed by atoms with Crippen LogP contribution in [0.1, 0.15) is 59.3 Å². The van der Waals surface area contributed by atoms with E-state index in [2.05, 4.69) is 16.0 Å². The van der Waals surface area contributed by atoms with E-state index in [0.717, 1.165) is 11.4 Å². The highest BCUT2D eigenvalue weighted by Gasteiger charge is 2.33. The van der Waals surface area contributed by atoms with Crippen molar-refractivity contribution < 1.29 is 4.79 Å². The molecule has 0 saturated heterocycles. The number of hydrogen-bond donors (Lipinski definition) is 1. The molecule has 26 heavy (non-hydrogen) atoms. The molecule has 3 aromatic rings. The lowest BCUT2D eigenvalue weighted by Crippen LogP contribution is -2.12. The van der Waals surface area contributed by atoms with Crippen LogP contribution in [0.25, 0.3) is 16.9 Å². The van der Waals surface area contributed by atoms with Gasteiger partial charge in [0.15, 0.2) is 5.82 Å². The van der Waals surface area contributed by atoms with Gasteiger partial charge in [-0.05, 0) is 49.9 Å². The van der Waals surface area contributed by atoms with Gasteiger partial charge < -0.3 is 5.73 Å². The summed E-state index contributed by atoms with van der Waals surface area (Å²) in [6.07, 6.45) is 9.90. The molecule has 3 heterocycles. The molecule has 0 bridgehead atoms. The minimum Gasteiger partial charge on any atom is -0.366 e. The summed E-state index contributed by atoms with van der Waals surface area (Å²) in [5, 5.41) is 4.82. The minimum absolute atomic E-state index is 0.448. The maximum absolute atomic E-state index is 11.6. The fourth-order valence-corrected chi connectivity index (χ4v) is 3.36. The van der Waals surface area contributed by atoms with E-state index < -0.39 is 5.91 Å². The van der Waals surface area contributed by atoms with E-state index >= 15 is 0 Å². The minimum atomic E-state index is -0.469. The summed E-state index contributed by atoms with van der Waals surface area (Å²) in [5.74, 6) is 1.58. The number of pyridine rings is 2. The van der Waals surface area contributed by atoms with Gasteiger partial charge in [-0.15, -0.1) is 0 Å². The zero-order valence-corrected chi connectivity index (χ0v) is 14.3. The number of carbonyl (C=O) groups is 1. The van der Waals surface area contributed by atoms with Crippen LogP contribution in [0.4, 0.5) is 0 Å². The molecule has 1 amide bonds. The third kappa shape index (κ3) is 2.67. The Kier molecular flexibility index (Phi) is 3.38. The molecule has 2 aliphatic rings. The molecule has 3 aromatic heterocycles. The van der Waals surface area contributed by atoms with Crippen molar-refractivity contribution in [3.8, 4) is 16.9 Å². The highest BCUT2D eigenvalue weighted by Crippen LogP contribution is 2.45. The summed E-state index contributed by atoms with van der Waals surface area (Å²) in [5.41, 5.74) is 9.89. The lowest BCUT2D eigenvalue weighted by atomic mass is 10.0. The van der Waals surface area contributed by atoms with Gasteiger partial charge in [-0.25, -0.2) is 9.67 Å². The quantitative estimate of drug-likeness (QED) is 0.769. The first-order valence-electron chi connectivity index (χ1n) is 9.01. The molecule has 0 unspecified atom stereocenters. The van der Waals surface area contributed by atoms with Gasteiger partial charge in [-0.2, -0.15) is 5.10 Å². The Labute approximate surface area is 151 Å². The molecule has 5 rings (SSSR count). The van der Waals surface area contributed by atoms with Crippen LogP contribution in [0.15, 0.2) is 42.9 Å². The zero-order valence-electron chi connectivity index (χ0n) is 14.3. The second kappa shape index (κ2) is 5.76. The molecule has 0 aromatic carbocycles. The summed E-state index contributed by atoms with van der Waals surface area (Å²) in [6, 6.07) is 7.78. The predicted octanol–water partition coefficient (Wildman–Crippen LogP) is 3.18. The summed E-state index contributed by atoms with van der Waals surface area (Å²) in [7, 11) is 0. The van der Waals surface area contributed by atoms with E-state index in [0.29, 0.717) is 23.0 Å². The van der Waals surface area contributed by atoms with E-state index in [-0.39, 0.29) is 0 Å². The summed E-state index contributed by atoms with van der Waals surface area (Å²) in [6.45, 7) is 0. The lowest BCUT2D eigenvalue weighted by Gasteiger charge is -2.08. The Morgan fingerprint density at radius 3 is 2.54 bits per heavy atom. The number of nitrogens with zero attached hydrogens (tertiary/aromatic N) is 4. The molecule has 2 aliphatic carbocycles. The van der Waals surface area contributed by atoms with Crippen LogP contribution in [0.2, 0.25) is 0 Å². The summed E-state index contributed by atoms with van der Waals surface area (Å²) in [4.78, 5) is 20.4. The third-order valence-electron chi connectivity index (χ3n) is 5.11. The summed E-state index contributed by atoms with van der Waals surface area (Å²) < 4.78 is 1.99. The van der Waals surface area contributed by atoms with Crippen molar-refractivity contribution in [2.45, 2.75) is 37.5 Å². The van der Waals surface area contributed by atoms with Crippen molar-refractivity contribution in [1.29, 1.82) is 0 Å². The third-order valence-corrected chi connectivity index (χ3v) is 5.11. The SMILES string of the molecule is NC(=O)c1ccncc1-c1ccc(-n2nc(C3CC3)cc2C2CC2)nc1. The topological polar surface area (TPSA) is 86.7 Å². The Hall–Kier alpha value is -3.02.